The van der Waals surface area contributed by atoms with Crippen molar-refractivity contribution in [1.29, 1.82) is 0 Å². The molecule has 5 atom stereocenters. The number of hydrogen-bond acceptors (Lipinski definition) is 6. The average Bonchev–Trinajstić information content (AvgIpc) is 3.48. The minimum atomic E-state index is -0.847. The van der Waals surface area contributed by atoms with Crippen LogP contribution in [-0.2, 0) is 30.4 Å². The van der Waals surface area contributed by atoms with E-state index in [1.807, 2.05) is 37.3 Å². The molecule has 6 heteroatoms. The summed E-state index contributed by atoms with van der Waals surface area (Å²) in [5, 5.41) is 0. The Morgan fingerprint density at radius 3 is 2.42 bits per heavy atom. The maximum absolute atomic E-state index is 14.3. The third kappa shape index (κ3) is 4.46. The SMILES string of the molecule is C=C[C@@](C)(COCc1ccc(OC)cc1)CC(=O)[C@@]1(C)C2C3(CC[C@]2(C(C)=O)CC[C@H]1C)OCCO3. The highest BCUT2D eigenvalue weighted by atomic mass is 16.7. The van der Waals surface area contributed by atoms with E-state index in [9.17, 15) is 9.59 Å². The number of methoxy groups -OCH3 is 1. The van der Waals surface area contributed by atoms with Crippen molar-refractivity contribution >= 4 is 11.6 Å². The van der Waals surface area contributed by atoms with E-state index in [1.165, 1.54) is 0 Å². The van der Waals surface area contributed by atoms with Crippen LogP contribution in [0, 0.1) is 28.1 Å². The first kappa shape index (κ1) is 27.0. The average molecular weight is 499 g/mol. The maximum Gasteiger partial charge on any atom is 0.173 e. The second kappa shape index (κ2) is 10.0. The van der Waals surface area contributed by atoms with Gasteiger partial charge in [0.1, 0.15) is 17.3 Å². The standard InChI is InChI=1S/C30H42O6/c1-7-27(4,20-34-19-23-8-10-24(33-6)11-9-23)18-25(32)28(5)21(2)12-13-29(22(3)31)14-15-30(26(28)29)35-16-17-36-30/h7-11,21,26H,1,12-20H2,2-6H3/t21-,26?,27-,28+,29+/m1/s1. The van der Waals surface area contributed by atoms with Gasteiger partial charge in [-0.2, -0.15) is 0 Å². The van der Waals surface area contributed by atoms with Gasteiger partial charge in [-0.3, -0.25) is 9.59 Å². The van der Waals surface area contributed by atoms with Gasteiger partial charge >= 0.3 is 0 Å². The molecule has 2 saturated carbocycles. The first-order chi connectivity index (χ1) is 17.1. The van der Waals surface area contributed by atoms with E-state index in [2.05, 4.69) is 20.4 Å². The molecular formula is C30H42O6. The van der Waals surface area contributed by atoms with Crippen molar-refractivity contribution in [2.24, 2.45) is 28.1 Å². The minimum Gasteiger partial charge on any atom is -0.497 e. The molecule has 1 spiro atoms. The molecule has 0 amide bonds. The van der Waals surface area contributed by atoms with Crippen LogP contribution in [0.1, 0.15) is 65.4 Å². The monoisotopic (exact) mass is 498 g/mol. The van der Waals surface area contributed by atoms with Gasteiger partial charge < -0.3 is 18.9 Å². The Balaban J connectivity index is 1.54. The van der Waals surface area contributed by atoms with Crippen LogP contribution in [0.15, 0.2) is 36.9 Å². The third-order valence-corrected chi connectivity index (χ3v) is 9.55. The van der Waals surface area contributed by atoms with E-state index in [4.69, 9.17) is 18.9 Å². The topological polar surface area (TPSA) is 71.1 Å². The zero-order chi connectivity index (χ0) is 26.2. The van der Waals surface area contributed by atoms with E-state index < -0.39 is 22.0 Å². The van der Waals surface area contributed by atoms with Gasteiger partial charge in [0.15, 0.2) is 5.79 Å². The smallest absolute Gasteiger partial charge is 0.173 e. The fourth-order valence-corrected chi connectivity index (χ4v) is 7.10. The second-order valence-electron chi connectivity index (χ2n) is 11.7. The first-order valence-corrected chi connectivity index (χ1v) is 13.2. The van der Waals surface area contributed by atoms with Crippen LogP contribution in [0.2, 0.25) is 0 Å². The number of fused-ring (bicyclic) bond motifs is 2. The maximum atomic E-state index is 14.3. The van der Waals surface area contributed by atoms with Gasteiger partial charge in [0.25, 0.3) is 0 Å². The molecule has 0 radical (unpaired) electrons. The third-order valence-electron chi connectivity index (χ3n) is 9.55. The number of ether oxygens (including phenoxy) is 4. The molecule has 0 bridgehead atoms. The second-order valence-corrected chi connectivity index (χ2v) is 11.7. The van der Waals surface area contributed by atoms with Crippen molar-refractivity contribution in [2.75, 3.05) is 26.9 Å². The van der Waals surface area contributed by atoms with Gasteiger partial charge in [-0.25, -0.2) is 0 Å². The molecule has 0 N–H and O–H groups in total. The number of benzene rings is 1. The van der Waals surface area contributed by atoms with E-state index in [0.29, 0.717) is 45.7 Å². The Kier molecular flexibility index (Phi) is 7.53. The molecule has 198 valence electrons. The van der Waals surface area contributed by atoms with Crippen LogP contribution in [0.25, 0.3) is 0 Å². The molecule has 36 heavy (non-hydrogen) atoms. The van der Waals surface area contributed by atoms with E-state index in [-0.39, 0.29) is 23.4 Å². The Bertz CT molecular complexity index is 980. The molecule has 2 aliphatic carbocycles. The molecule has 1 unspecified atom stereocenters. The number of carbonyl (C=O) groups excluding carboxylic acids is 2. The minimum absolute atomic E-state index is 0.111. The summed E-state index contributed by atoms with van der Waals surface area (Å²) in [6.45, 7) is 13.8. The summed E-state index contributed by atoms with van der Waals surface area (Å²) in [6, 6.07) is 7.77. The number of Topliss-reactive ketones (excluding diaryl/α,β-unsaturated/α-hetero) is 2. The van der Waals surface area contributed by atoms with E-state index in [1.54, 1.807) is 14.0 Å². The van der Waals surface area contributed by atoms with Gasteiger partial charge in [0, 0.05) is 35.0 Å². The molecule has 1 saturated heterocycles. The Morgan fingerprint density at radius 1 is 1.17 bits per heavy atom. The summed E-state index contributed by atoms with van der Waals surface area (Å²) >= 11 is 0. The van der Waals surface area contributed by atoms with E-state index >= 15 is 0 Å². The van der Waals surface area contributed by atoms with Gasteiger partial charge in [-0.15, -0.1) is 6.58 Å². The molecule has 3 fully saturated rings. The van der Waals surface area contributed by atoms with Gasteiger partial charge in [-0.05, 0) is 49.8 Å². The van der Waals surface area contributed by atoms with Crippen LogP contribution in [0.3, 0.4) is 0 Å². The largest absolute Gasteiger partial charge is 0.497 e. The summed E-state index contributed by atoms with van der Waals surface area (Å²) < 4.78 is 23.8. The normalized spacial score (nSPS) is 32.6. The number of hydrogen-bond donors (Lipinski definition) is 0. The fourth-order valence-electron chi connectivity index (χ4n) is 7.10. The summed E-state index contributed by atoms with van der Waals surface area (Å²) in [5.74, 6) is 0.0734. The Labute approximate surface area is 215 Å². The van der Waals surface area contributed by atoms with Crippen LogP contribution in [0.4, 0.5) is 0 Å². The molecule has 1 aromatic rings. The first-order valence-electron chi connectivity index (χ1n) is 13.2. The van der Waals surface area contributed by atoms with Crippen LogP contribution < -0.4 is 4.74 Å². The zero-order valence-corrected chi connectivity index (χ0v) is 22.6. The number of rotatable bonds is 10. The molecule has 1 heterocycles. The van der Waals surface area contributed by atoms with Gasteiger partial charge in [0.05, 0.1) is 33.5 Å². The van der Waals surface area contributed by atoms with E-state index in [0.717, 1.165) is 24.2 Å². The summed E-state index contributed by atoms with van der Waals surface area (Å²) in [5.41, 5.74) is -0.816. The lowest BCUT2D eigenvalue weighted by Crippen LogP contribution is -2.60. The summed E-state index contributed by atoms with van der Waals surface area (Å²) in [6.07, 6.45) is 5.13. The molecule has 1 aliphatic heterocycles. The summed E-state index contributed by atoms with van der Waals surface area (Å²) in [4.78, 5) is 27.5. The molecule has 0 aromatic heterocycles. The van der Waals surface area contributed by atoms with Crippen molar-refractivity contribution in [1.82, 2.24) is 0 Å². The number of carbonyl (C=O) groups is 2. The molecule has 6 nitrogen and oxygen atoms in total. The predicted octanol–water partition coefficient (Wildman–Crippen LogP) is 5.53. The van der Waals surface area contributed by atoms with Crippen LogP contribution >= 0.6 is 0 Å². The van der Waals surface area contributed by atoms with Crippen molar-refractivity contribution < 1.29 is 28.5 Å². The van der Waals surface area contributed by atoms with Crippen molar-refractivity contribution in [3.8, 4) is 5.75 Å². The fraction of sp³-hybridized carbons (Fsp3) is 0.667. The summed E-state index contributed by atoms with van der Waals surface area (Å²) in [7, 11) is 1.64. The molecular weight excluding hydrogens is 456 g/mol. The van der Waals surface area contributed by atoms with Crippen LogP contribution in [0.5, 0.6) is 5.75 Å². The van der Waals surface area contributed by atoms with Gasteiger partial charge in [-0.1, -0.05) is 39.0 Å². The highest BCUT2D eigenvalue weighted by molar-refractivity contribution is 5.90. The molecule has 1 aromatic carbocycles. The van der Waals surface area contributed by atoms with Crippen LogP contribution in [-0.4, -0.2) is 44.3 Å². The number of ketones is 2. The Hall–Kier alpha value is -2.02. The lowest BCUT2D eigenvalue weighted by atomic mass is 9.48. The lowest BCUT2D eigenvalue weighted by molar-refractivity contribution is -0.237. The predicted molar refractivity (Wildman–Crippen MR) is 138 cm³/mol. The van der Waals surface area contributed by atoms with Crippen molar-refractivity contribution in [3.05, 3.63) is 42.5 Å². The van der Waals surface area contributed by atoms with Crippen molar-refractivity contribution in [2.45, 2.75) is 72.2 Å². The van der Waals surface area contributed by atoms with Gasteiger partial charge in [0.2, 0.25) is 0 Å². The highest BCUT2D eigenvalue weighted by Crippen LogP contribution is 2.67. The quantitative estimate of drug-likeness (QED) is 0.395. The molecule has 3 aliphatic rings. The Morgan fingerprint density at radius 2 is 1.83 bits per heavy atom. The highest BCUT2D eigenvalue weighted by Gasteiger charge is 2.71. The van der Waals surface area contributed by atoms with Crippen molar-refractivity contribution in [3.63, 3.8) is 0 Å². The molecule has 4 rings (SSSR count). The zero-order valence-electron chi connectivity index (χ0n) is 22.6. The lowest BCUT2D eigenvalue weighted by Gasteiger charge is -2.55.